The van der Waals surface area contributed by atoms with Gasteiger partial charge in [0.1, 0.15) is 24.9 Å². The Morgan fingerprint density at radius 1 is 1.15 bits per heavy atom. The van der Waals surface area contributed by atoms with Gasteiger partial charge in [0.05, 0.1) is 0 Å². The topological polar surface area (TPSA) is 118 Å². The second-order valence-corrected chi connectivity index (χ2v) is 6.83. The quantitative estimate of drug-likeness (QED) is 0.622. The molecule has 0 unspecified atom stereocenters. The van der Waals surface area contributed by atoms with E-state index in [1.165, 1.54) is 17.3 Å². The van der Waals surface area contributed by atoms with Gasteiger partial charge >= 0.3 is 0 Å². The van der Waals surface area contributed by atoms with Crippen LogP contribution in [0.3, 0.4) is 0 Å². The molecule has 1 aliphatic rings. The largest absolute Gasteiger partial charge is 0.352 e. The number of pyridine rings is 1. The molecule has 3 aromatic heterocycles. The van der Waals surface area contributed by atoms with Crippen molar-refractivity contribution in [1.82, 2.24) is 35.4 Å². The van der Waals surface area contributed by atoms with Crippen molar-refractivity contribution in [2.45, 2.75) is 44.3 Å². The lowest BCUT2D eigenvalue weighted by Gasteiger charge is -2.29. The molecule has 9 nitrogen and oxygen atoms in total. The van der Waals surface area contributed by atoms with Crippen molar-refractivity contribution in [3.8, 4) is 0 Å². The second-order valence-electron chi connectivity index (χ2n) is 6.83. The SMILES string of the molecule is O=C(Cn1cncn1)NC1CCC(NC(=O)c2cc3cnccc3[nH]2)CC1. The Morgan fingerprint density at radius 2 is 1.93 bits per heavy atom. The van der Waals surface area contributed by atoms with E-state index in [0.717, 1.165) is 36.6 Å². The van der Waals surface area contributed by atoms with E-state index < -0.39 is 0 Å². The van der Waals surface area contributed by atoms with Gasteiger partial charge in [0.15, 0.2) is 0 Å². The van der Waals surface area contributed by atoms with Gasteiger partial charge in [-0.3, -0.25) is 14.6 Å². The van der Waals surface area contributed by atoms with Gasteiger partial charge in [0, 0.05) is 35.4 Å². The van der Waals surface area contributed by atoms with E-state index in [1.54, 1.807) is 12.4 Å². The van der Waals surface area contributed by atoms with E-state index >= 15 is 0 Å². The molecular formula is C18H21N7O2. The molecule has 3 N–H and O–H groups in total. The van der Waals surface area contributed by atoms with Gasteiger partial charge < -0.3 is 15.6 Å². The van der Waals surface area contributed by atoms with Crippen LogP contribution in [0.2, 0.25) is 0 Å². The fourth-order valence-electron chi connectivity index (χ4n) is 3.47. The Labute approximate surface area is 155 Å². The number of amides is 2. The first kappa shape index (κ1) is 17.2. The van der Waals surface area contributed by atoms with E-state index in [2.05, 4.69) is 30.7 Å². The van der Waals surface area contributed by atoms with E-state index in [-0.39, 0.29) is 30.4 Å². The molecule has 3 heterocycles. The number of nitrogens with zero attached hydrogens (tertiary/aromatic N) is 4. The van der Waals surface area contributed by atoms with Crippen molar-refractivity contribution in [2.24, 2.45) is 0 Å². The van der Waals surface area contributed by atoms with Crippen LogP contribution in [-0.4, -0.2) is 48.6 Å². The summed E-state index contributed by atoms with van der Waals surface area (Å²) in [6.07, 6.45) is 9.70. The summed E-state index contributed by atoms with van der Waals surface area (Å²) < 4.78 is 1.50. The van der Waals surface area contributed by atoms with Crippen LogP contribution in [0.5, 0.6) is 0 Å². The van der Waals surface area contributed by atoms with Crippen molar-refractivity contribution >= 4 is 22.7 Å². The number of carbonyl (C=O) groups excluding carboxylic acids is 2. The number of hydrogen-bond acceptors (Lipinski definition) is 5. The first-order valence-electron chi connectivity index (χ1n) is 9.03. The van der Waals surface area contributed by atoms with Crippen LogP contribution in [0.4, 0.5) is 0 Å². The number of rotatable bonds is 5. The molecule has 140 valence electrons. The Bertz CT molecular complexity index is 893. The highest BCUT2D eigenvalue weighted by Gasteiger charge is 2.24. The molecule has 27 heavy (non-hydrogen) atoms. The number of hydrogen-bond donors (Lipinski definition) is 3. The van der Waals surface area contributed by atoms with E-state index in [1.807, 2.05) is 12.1 Å². The first-order chi connectivity index (χ1) is 13.2. The van der Waals surface area contributed by atoms with Crippen LogP contribution >= 0.6 is 0 Å². The molecule has 0 aromatic carbocycles. The number of fused-ring (bicyclic) bond motifs is 1. The van der Waals surface area contributed by atoms with Gasteiger partial charge in [-0.2, -0.15) is 5.10 Å². The highest BCUT2D eigenvalue weighted by molar-refractivity contribution is 5.97. The number of aromatic amines is 1. The minimum atomic E-state index is -0.107. The van der Waals surface area contributed by atoms with Gasteiger partial charge in [-0.1, -0.05) is 0 Å². The zero-order valence-corrected chi connectivity index (χ0v) is 14.8. The van der Waals surface area contributed by atoms with Gasteiger partial charge in [-0.15, -0.1) is 0 Å². The standard InChI is InChI=1S/C18H21N7O2/c26-17(9-25-11-20-10-21-25)22-13-1-3-14(4-2-13)23-18(27)16-7-12-8-19-6-5-15(12)24-16/h5-8,10-11,13-14,24H,1-4,9H2,(H,22,26)(H,23,27). The molecule has 3 aromatic rings. The summed E-state index contributed by atoms with van der Waals surface area (Å²) in [5, 5.41) is 11.0. The van der Waals surface area contributed by atoms with Crippen LogP contribution < -0.4 is 10.6 Å². The molecule has 0 atom stereocenters. The van der Waals surface area contributed by atoms with Crippen molar-refractivity contribution in [3.63, 3.8) is 0 Å². The highest BCUT2D eigenvalue weighted by Crippen LogP contribution is 2.20. The van der Waals surface area contributed by atoms with Crippen LogP contribution in [0, 0.1) is 0 Å². The summed E-state index contributed by atoms with van der Waals surface area (Å²) in [4.78, 5) is 35.5. The Balaban J connectivity index is 1.25. The van der Waals surface area contributed by atoms with Gasteiger partial charge in [0.25, 0.3) is 5.91 Å². The minimum absolute atomic E-state index is 0.0697. The average molecular weight is 367 g/mol. The summed E-state index contributed by atoms with van der Waals surface area (Å²) in [6.45, 7) is 0.173. The zero-order valence-electron chi connectivity index (χ0n) is 14.8. The maximum absolute atomic E-state index is 12.5. The Hall–Kier alpha value is -3.23. The molecule has 0 radical (unpaired) electrons. The van der Waals surface area contributed by atoms with E-state index in [4.69, 9.17) is 0 Å². The molecule has 1 fully saturated rings. The fraction of sp³-hybridized carbons (Fsp3) is 0.389. The van der Waals surface area contributed by atoms with Crippen molar-refractivity contribution < 1.29 is 9.59 Å². The predicted molar refractivity (Wildman–Crippen MR) is 97.8 cm³/mol. The lowest BCUT2D eigenvalue weighted by Crippen LogP contribution is -2.44. The maximum atomic E-state index is 12.5. The van der Waals surface area contributed by atoms with E-state index in [0.29, 0.717) is 5.69 Å². The first-order valence-corrected chi connectivity index (χ1v) is 9.03. The summed E-state index contributed by atoms with van der Waals surface area (Å²) in [7, 11) is 0. The van der Waals surface area contributed by atoms with Crippen molar-refractivity contribution in [1.29, 1.82) is 0 Å². The molecular weight excluding hydrogens is 346 g/mol. The van der Waals surface area contributed by atoms with Crippen molar-refractivity contribution in [3.05, 3.63) is 42.9 Å². The third kappa shape index (κ3) is 4.13. The molecule has 1 aliphatic carbocycles. The maximum Gasteiger partial charge on any atom is 0.267 e. The molecule has 0 aliphatic heterocycles. The smallest absolute Gasteiger partial charge is 0.267 e. The summed E-state index contributed by atoms with van der Waals surface area (Å²) >= 11 is 0. The monoisotopic (exact) mass is 367 g/mol. The molecule has 4 rings (SSSR count). The molecule has 9 heteroatoms. The highest BCUT2D eigenvalue weighted by atomic mass is 16.2. The summed E-state index contributed by atoms with van der Waals surface area (Å²) in [5.41, 5.74) is 1.44. The Morgan fingerprint density at radius 3 is 2.63 bits per heavy atom. The molecule has 2 amide bonds. The second kappa shape index (κ2) is 7.56. The predicted octanol–water partition coefficient (Wildman–Crippen LogP) is 1.01. The lowest BCUT2D eigenvalue weighted by molar-refractivity contribution is -0.122. The Kier molecular flexibility index (Phi) is 4.82. The number of aromatic nitrogens is 5. The van der Waals surface area contributed by atoms with E-state index in [9.17, 15) is 9.59 Å². The van der Waals surface area contributed by atoms with Gasteiger partial charge in [-0.05, 0) is 37.8 Å². The molecule has 0 spiro atoms. The molecule has 0 bridgehead atoms. The molecule has 1 saturated carbocycles. The number of H-pyrrole nitrogens is 1. The third-order valence-corrected chi connectivity index (χ3v) is 4.87. The number of carbonyl (C=O) groups is 2. The van der Waals surface area contributed by atoms with Crippen LogP contribution in [0.1, 0.15) is 36.2 Å². The zero-order chi connectivity index (χ0) is 18.6. The van der Waals surface area contributed by atoms with Gasteiger partial charge in [-0.25, -0.2) is 9.67 Å². The van der Waals surface area contributed by atoms with Crippen LogP contribution in [-0.2, 0) is 11.3 Å². The normalized spacial score (nSPS) is 19.7. The minimum Gasteiger partial charge on any atom is -0.352 e. The van der Waals surface area contributed by atoms with Gasteiger partial charge in [0.2, 0.25) is 5.91 Å². The summed E-state index contributed by atoms with van der Waals surface area (Å²) in [6, 6.07) is 3.91. The summed E-state index contributed by atoms with van der Waals surface area (Å²) in [5.74, 6) is -0.176. The van der Waals surface area contributed by atoms with Crippen LogP contribution in [0.25, 0.3) is 10.9 Å². The number of nitrogens with one attached hydrogen (secondary N) is 3. The molecule has 0 saturated heterocycles. The third-order valence-electron chi connectivity index (χ3n) is 4.87. The van der Waals surface area contributed by atoms with Crippen molar-refractivity contribution in [2.75, 3.05) is 0 Å². The average Bonchev–Trinajstić information content (AvgIpc) is 3.32. The van der Waals surface area contributed by atoms with Crippen LogP contribution in [0.15, 0.2) is 37.2 Å². The fourth-order valence-corrected chi connectivity index (χ4v) is 3.47. The lowest BCUT2D eigenvalue weighted by atomic mass is 9.91.